The Kier molecular flexibility index (Phi) is 5.51. The van der Waals surface area contributed by atoms with Gasteiger partial charge in [0, 0.05) is 31.3 Å². The number of amides is 2. The van der Waals surface area contributed by atoms with Gasteiger partial charge in [-0.05, 0) is 31.0 Å². The molecule has 2 unspecified atom stereocenters. The summed E-state index contributed by atoms with van der Waals surface area (Å²) >= 11 is 0. The summed E-state index contributed by atoms with van der Waals surface area (Å²) in [4.78, 5) is 22.6. The summed E-state index contributed by atoms with van der Waals surface area (Å²) in [6.07, 6.45) is 0.399. The van der Waals surface area contributed by atoms with E-state index in [4.69, 9.17) is 0 Å². The zero-order chi connectivity index (χ0) is 16.1. The maximum atomic E-state index is 11.3. The van der Waals surface area contributed by atoms with E-state index in [1.807, 2.05) is 19.1 Å². The Morgan fingerprint density at radius 2 is 1.82 bits per heavy atom. The molecule has 2 atom stereocenters. The normalized spacial score (nSPS) is 18.8. The number of imide groups is 1. The number of carbonyl (C=O) groups excluding carboxylic acids is 2. The molecule has 1 saturated heterocycles. The van der Waals surface area contributed by atoms with Crippen LogP contribution in [0.15, 0.2) is 24.3 Å². The molecular weight excluding hydrogens is 284 g/mol. The molecule has 6 nitrogen and oxygen atoms in total. The second-order valence-electron chi connectivity index (χ2n) is 5.89. The van der Waals surface area contributed by atoms with E-state index in [-0.39, 0.29) is 42.4 Å². The number of hydrogen-bond acceptors (Lipinski definition) is 5. The number of aliphatic hydroxyl groups is 1. The van der Waals surface area contributed by atoms with Gasteiger partial charge in [0.25, 0.3) is 0 Å². The molecule has 0 aromatic heterocycles. The summed E-state index contributed by atoms with van der Waals surface area (Å²) in [5.74, 6) is -0.732. The van der Waals surface area contributed by atoms with Gasteiger partial charge in [0.1, 0.15) is 5.75 Å². The lowest BCUT2D eigenvalue weighted by atomic mass is 9.91. The van der Waals surface area contributed by atoms with Gasteiger partial charge in [0.05, 0.1) is 6.10 Å². The fourth-order valence-corrected chi connectivity index (χ4v) is 2.62. The molecule has 6 heteroatoms. The molecule has 4 N–H and O–H groups in total. The van der Waals surface area contributed by atoms with Crippen LogP contribution in [-0.2, 0) is 16.0 Å². The molecule has 0 bridgehead atoms. The summed E-state index contributed by atoms with van der Waals surface area (Å²) in [6, 6.07) is 7.13. The van der Waals surface area contributed by atoms with Crippen LogP contribution in [0.4, 0.5) is 0 Å². The topological polar surface area (TPSA) is 98.7 Å². The van der Waals surface area contributed by atoms with Gasteiger partial charge >= 0.3 is 0 Å². The first-order valence-electron chi connectivity index (χ1n) is 7.46. The molecule has 0 saturated carbocycles. The predicted octanol–water partition coefficient (Wildman–Crippen LogP) is 0.326. The zero-order valence-electron chi connectivity index (χ0n) is 12.6. The van der Waals surface area contributed by atoms with Crippen LogP contribution in [0.3, 0.4) is 0 Å². The van der Waals surface area contributed by atoms with Gasteiger partial charge in [0.15, 0.2) is 0 Å². The molecule has 2 rings (SSSR count). The number of aromatic hydroxyl groups is 1. The molecule has 1 aliphatic rings. The van der Waals surface area contributed by atoms with Crippen molar-refractivity contribution >= 4 is 11.8 Å². The molecule has 0 aliphatic carbocycles. The second kappa shape index (κ2) is 7.38. The second-order valence-corrected chi connectivity index (χ2v) is 5.89. The average molecular weight is 306 g/mol. The van der Waals surface area contributed by atoms with Crippen LogP contribution < -0.4 is 10.6 Å². The monoisotopic (exact) mass is 306 g/mol. The van der Waals surface area contributed by atoms with E-state index < -0.39 is 6.10 Å². The Morgan fingerprint density at radius 3 is 2.41 bits per heavy atom. The van der Waals surface area contributed by atoms with Crippen molar-refractivity contribution in [1.82, 2.24) is 10.6 Å². The van der Waals surface area contributed by atoms with Crippen LogP contribution in [-0.4, -0.2) is 40.7 Å². The number of piperidine rings is 1. The van der Waals surface area contributed by atoms with E-state index >= 15 is 0 Å². The number of hydrogen-bond donors (Lipinski definition) is 4. The number of aliphatic hydroxyl groups excluding tert-OH is 1. The van der Waals surface area contributed by atoms with Crippen LogP contribution in [0.25, 0.3) is 0 Å². The lowest BCUT2D eigenvalue weighted by molar-refractivity contribution is -0.136. The first kappa shape index (κ1) is 16.5. The molecule has 0 spiro atoms. The fraction of sp³-hybridized carbons (Fsp3) is 0.500. The minimum Gasteiger partial charge on any atom is -0.508 e. The van der Waals surface area contributed by atoms with Gasteiger partial charge < -0.3 is 15.5 Å². The maximum Gasteiger partial charge on any atom is 0.226 e. The van der Waals surface area contributed by atoms with Crippen molar-refractivity contribution in [3.8, 4) is 5.75 Å². The van der Waals surface area contributed by atoms with Crippen LogP contribution >= 0.6 is 0 Å². The third-order valence-corrected chi connectivity index (χ3v) is 3.87. The smallest absolute Gasteiger partial charge is 0.226 e. The van der Waals surface area contributed by atoms with Crippen molar-refractivity contribution in [2.45, 2.75) is 38.3 Å². The van der Waals surface area contributed by atoms with Crippen molar-refractivity contribution in [3.05, 3.63) is 29.8 Å². The summed E-state index contributed by atoms with van der Waals surface area (Å²) in [7, 11) is 0. The molecule has 120 valence electrons. The third kappa shape index (κ3) is 4.82. The summed E-state index contributed by atoms with van der Waals surface area (Å²) in [5.41, 5.74) is 1.08. The minimum atomic E-state index is -0.725. The highest BCUT2D eigenvalue weighted by Gasteiger charge is 2.30. The first-order valence-corrected chi connectivity index (χ1v) is 7.46. The Morgan fingerprint density at radius 1 is 1.23 bits per heavy atom. The van der Waals surface area contributed by atoms with Crippen molar-refractivity contribution < 1.29 is 19.8 Å². The van der Waals surface area contributed by atoms with Crippen molar-refractivity contribution in [2.24, 2.45) is 5.92 Å². The highest BCUT2D eigenvalue weighted by atomic mass is 16.3. The largest absolute Gasteiger partial charge is 0.508 e. The predicted molar refractivity (Wildman–Crippen MR) is 81.2 cm³/mol. The van der Waals surface area contributed by atoms with Gasteiger partial charge in [-0.3, -0.25) is 14.9 Å². The Balaban J connectivity index is 1.77. The lowest BCUT2D eigenvalue weighted by Crippen LogP contribution is -2.46. The fourth-order valence-electron chi connectivity index (χ4n) is 2.62. The highest BCUT2D eigenvalue weighted by molar-refractivity contribution is 5.97. The van der Waals surface area contributed by atoms with Crippen LogP contribution in [0.1, 0.15) is 25.3 Å². The van der Waals surface area contributed by atoms with Gasteiger partial charge in [-0.2, -0.15) is 0 Å². The summed E-state index contributed by atoms with van der Waals surface area (Å²) in [6.45, 7) is 2.34. The van der Waals surface area contributed by atoms with E-state index in [0.29, 0.717) is 6.54 Å². The van der Waals surface area contributed by atoms with Gasteiger partial charge in [-0.25, -0.2) is 0 Å². The minimum absolute atomic E-state index is 0.132. The Bertz CT molecular complexity index is 513. The van der Waals surface area contributed by atoms with E-state index in [9.17, 15) is 19.8 Å². The number of phenolic OH excluding ortho intramolecular Hbond substituents is 1. The van der Waals surface area contributed by atoms with E-state index in [2.05, 4.69) is 10.6 Å². The van der Waals surface area contributed by atoms with Gasteiger partial charge in [0.2, 0.25) is 11.8 Å². The quantitative estimate of drug-likeness (QED) is 0.568. The van der Waals surface area contributed by atoms with Crippen molar-refractivity contribution in [1.29, 1.82) is 0 Å². The number of phenols is 1. The molecule has 1 aromatic rings. The number of nitrogens with one attached hydrogen (secondary N) is 2. The van der Waals surface area contributed by atoms with Crippen LogP contribution in [0, 0.1) is 5.92 Å². The zero-order valence-corrected chi connectivity index (χ0v) is 12.6. The van der Waals surface area contributed by atoms with E-state index in [0.717, 1.165) is 12.0 Å². The van der Waals surface area contributed by atoms with Crippen molar-refractivity contribution in [2.75, 3.05) is 6.54 Å². The maximum absolute atomic E-state index is 11.3. The summed E-state index contributed by atoms with van der Waals surface area (Å²) in [5, 5.41) is 24.8. The molecule has 0 radical (unpaired) electrons. The number of carbonyl (C=O) groups is 2. The first-order chi connectivity index (χ1) is 10.4. The van der Waals surface area contributed by atoms with Gasteiger partial charge in [-0.1, -0.05) is 12.1 Å². The Hall–Kier alpha value is -1.92. The number of benzene rings is 1. The Labute approximate surface area is 129 Å². The lowest BCUT2D eigenvalue weighted by Gasteiger charge is -2.27. The molecule has 1 heterocycles. The number of rotatable bonds is 6. The van der Waals surface area contributed by atoms with E-state index in [1.165, 1.54) is 0 Å². The van der Waals surface area contributed by atoms with Crippen LogP contribution in [0.5, 0.6) is 5.75 Å². The molecule has 1 aromatic carbocycles. The van der Waals surface area contributed by atoms with E-state index in [1.54, 1.807) is 12.1 Å². The molecule has 1 fully saturated rings. The van der Waals surface area contributed by atoms with Crippen LogP contribution in [0.2, 0.25) is 0 Å². The third-order valence-electron chi connectivity index (χ3n) is 3.87. The standard InChI is InChI=1S/C16H22N2O4/c1-10(6-11-2-4-13(19)5-3-11)17-9-14(20)12-7-15(21)18-16(22)8-12/h2-5,10,12,14,17,19-20H,6-9H2,1H3,(H,18,21,22). The summed E-state index contributed by atoms with van der Waals surface area (Å²) < 4.78 is 0. The highest BCUT2D eigenvalue weighted by Crippen LogP contribution is 2.18. The van der Waals surface area contributed by atoms with Gasteiger partial charge in [-0.15, -0.1) is 0 Å². The molecule has 1 aliphatic heterocycles. The molecule has 2 amide bonds. The van der Waals surface area contributed by atoms with Crippen molar-refractivity contribution in [3.63, 3.8) is 0 Å². The molecular formula is C16H22N2O4. The average Bonchev–Trinajstić information content (AvgIpc) is 2.46. The molecule has 22 heavy (non-hydrogen) atoms. The SMILES string of the molecule is CC(Cc1ccc(O)cc1)NCC(O)C1CC(=O)NC(=O)C1.